The average molecular weight is 556 g/mol. The molecule has 40 heavy (non-hydrogen) atoms. The molecule has 7 rings (SSSR count). The van der Waals surface area contributed by atoms with Crippen LogP contribution in [0.15, 0.2) is 24.3 Å². The number of likely N-dealkylation sites (tertiary alicyclic amines) is 1. The number of hydrogen-bond donors (Lipinski definition) is 1. The maximum absolute atomic E-state index is 13.4. The third-order valence-corrected chi connectivity index (χ3v) is 12.9. The van der Waals surface area contributed by atoms with Crippen molar-refractivity contribution in [2.45, 2.75) is 69.0 Å². The van der Waals surface area contributed by atoms with Crippen molar-refractivity contribution in [3.8, 4) is 5.75 Å². The molecule has 6 fully saturated rings. The maximum Gasteiger partial charge on any atom is 0.341 e. The summed E-state index contributed by atoms with van der Waals surface area (Å²) in [5.74, 6) is 1.50. The van der Waals surface area contributed by atoms with Gasteiger partial charge in [0.05, 0.1) is 37.6 Å². The van der Waals surface area contributed by atoms with Crippen molar-refractivity contribution < 1.29 is 33.6 Å². The lowest BCUT2D eigenvalue weighted by atomic mass is 9.43. The predicted molar refractivity (Wildman–Crippen MR) is 147 cm³/mol. The van der Waals surface area contributed by atoms with Crippen LogP contribution in [0.3, 0.4) is 0 Å². The van der Waals surface area contributed by atoms with E-state index in [-0.39, 0.29) is 64.3 Å². The van der Waals surface area contributed by atoms with Gasteiger partial charge in [0.1, 0.15) is 11.3 Å². The van der Waals surface area contributed by atoms with Crippen molar-refractivity contribution in [3.05, 3.63) is 29.8 Å². The third kappa shape index (κ3) is 3.12. The van der Waals surface area contributed by atoms with Crippen molar-refractivity contribution in [2.24, 2.45) is 40.4 Å². The first-order valence-electron chi connectivity index (χ1n) is 15.2. The number of benzene rings is 1. The van der Waals surface area contributed by atoms with Gasteiger partial charge in [-0.3, -0.25) is 4.90 Å². The number of esters is 1. The monoisotopic (exact) mass is 555 g/mol. The highest BCUT2D eigenvalue weighted by Crippen LogP contribution is 2.79. The molecule has 1 N–H and O–H groups in total. The van der Waals surface area contributed by atoms with E-state index in [2.05, 4.69) is 11.8 Å². The molecular weight excluding hydrogens is 510 g/mol. The number of methoxy groups -OCH3 is 4. The Morgan fingerprint density at radius 3 is 2.60 bits per heavy atom. The molecule has 0 aromatic heterocycles. The topological polar surface area (TPSA) is 86.7 Å². The Morgan fingerprint density at radius 2 is 1.90 bits per heavy atom. The molecule has 1 aliphatic heterocycles. The van der Waals surface area contributed by atoms with Gasteiger partial charge in [0.15, 0.2) is 0 Å². The summed E-state index contributed by atoms with van der Waals surface area (Å²) < 4.78 is 30.8. The van der Waals surface area contributed by atoms with E-state index in [9.17, 15) is 9.90 Å². The van der Waals surface area contributed by atoms with E-state index in [0.717, 1.165) is 45.2 Å². The summed E-state index contributed by atoms with van der Waals surface area (Å²) in [6, 6.07) is 7.50. The lowest BCUT2D eigenvalue weighted by Gasteiger charge is -2.69. The van der Waals surface area contributed by atoms with E-state index in [1.807, 2.05) is 33.5 Å². The lowest BCUT2D eigenvalue weighted by molar-refractivity contribution is -0.279. The molecule has 5 saturated carbocycles. The van der Waals surface area contributed by atoms with Crippen LogP contribution in [0, 0.1) is 40.4 Å². The number of fused-ring (bicyclic) bond motifs is 2. The number of ether oxygens (including phenoxy) is 5. The molecule has 1 spiro atoms. The fourth-order valence-corrected chi connectivity index (χ4v) is 11.8. The van der Waals surface area contributed by atoms with Gasteiger partial charge in [-0.15, -0.1) is 0 Å². The Bertz CT molecular complexity index is 1160. The smallest absolute Gasteiger partial charge is 0.341 e. The fraction of sp³-hybridized carbons (Fsp3) is 0.781. The van der Waals surface area contributed by atoms with Crippen LogP contribution in [0.2, 0.25) is 0 Å². The van der Waals surface area contributed by atoms with Crippen molar-refractivity contribution >= 4 is 5.97 Å². The number of nitrogens with zero attached hydrogens (tertiary/aromatic N) is 1. The highest BCUT2D eigenvalue weighted by molar-refractivity contribution is 5.92. The van der Waals surface area contributed by atoms with Crippen molar-refractivity contribution in [1.82, 2.24) is 4.90 Å². The van der Waals surface area contributed by atoms with E-state index in [1.54, 1.807) is 19.2 Å². The van der Waals surface area contributed by atoms with E-state index in [4.69, 9.17) is 23.7 Å². The highest BCUT2D eigenvalue weighted by Gasteiger charge is 2.84. The normalized spacial score (nSPS) is 48.2. The molecule has 8 nitrogen and oxygen atoms in total. The Kier molecular flexibility index (Phi) is 6.38. The van der Waals surface area contributed by atoms with Gasteiger partial charge in [-0.25, -0.2) is 4.79 Å². The minimum Gasteiger partial charge on any atom is -0.496 e. The summed E-state index contributed by atoms with van der Waals surface area (Å²) in [4.78, 5) is 16.0. The summed E-state index contributed by atoms with van der Waals surface area (Å²) in [6.07, 6.45) is 4.18. The van der Waals surface area contributed by atoms with E-state index in [1.165, 1.54) is 0 Å². The van der Waals surface area contributed by atoms with Gasteiger partial charge in [-0.05, 0) is 56.2 Å². The number of hydrogen-bond acceptors (Lipinski definition) is 8. The number of carbonyl (C=O) groups excluding carboxylic acids is 1. The number of piperidine rings is 1. The van der Waals surface area contributed by atoms with Crippen LogP contribution in [0.25, 0.3) is 0 Å². The Morgan fingerprint density at radius 1 is 1.10 bits per heavy atom. The number of aliphatic hydroxyl groups excluding tert-OH is 1. The molecule has 1 aromatic rings. The Balaban J connectivity index is 1.31. The van der Waals surface area contributed by atoms with Gasteiger partial charge in [0.25, 0.3) is 0 Å². The number of rotatable bonds is 8. The largest absolute Gasteiger partial charge is 0.496 e. The van der Waals surface area contributed by atoms with Crippen molar-refractivity contribution in [1.29, 1.82) is 0 Å². The second-order valence-corrected chi connectivity index (χ2v) is 13.5. The summed E-state index contributed by atoms with van der Waals surface area (Å²) in [5, 5.41) is 12.2. The number of carbonyl (C=O) groups is 1. The first kappa shape index (κ1) is 27.1. The van der Waals surface area contributed by atoms with E-state index < -0.39 is 6.10 Å². The van der Waals surface area contributed by atoms with Crippen molar-refractivity contribution in [2.75, 3.05) is 48.1 Å². The second-order valence-electron chi connectivity index (χ2n) is 13.5. The molecule has 220 valence electrons. The Hall–Kier alpha value is -1.71. The molecule has 7 bridgehead atoms. The van der Waals surface area contributed by atoms with Crippen LogP contribution in [0.1, 0.15) is 49.4 Å². The zero-order valence-corrected chi connectivity index (χ0v) is 24.5. The second kappa shape index (κ2) is 9.40. The van der Waals surface area contributed by atoms with E-state index >= 15 is 0 Å². The standard InChI is InChI=1S/C32H45NO7/c1-6-33-16-30(17-40-29(35)18-9-7-8-10-22(18)36-2)12-11-25(34)32-20-13-19-23(37-3)15-31(39-5,26(20)27(19)38-4)21(28(32)33)14-24(30)32/h7-10,19-21,23-28,34H,6,11-17H2,1-5H3/t19?,20?,21-,23-,24?,25-,26?,27-,28?,30-,31-,32?/m0/s1. The quantitative estimate of drug-likeness (QED) is 0.489. The summed E-state index contributed by atoms with van der Waals surface area (Å²) in [7, 11) is 7.13. The minimum absolute atomic E-state index is 0.0594. The van der Waals surface area contributed by atoms with Crippen LogP contribution in [-0.2, 0) is 18.9 Å². The summed E-state index contributed by atoms with van der Waals surface area (Å²) in [5.41, 5.74) is -0.385. The highest BCUT2D eigenvalue weighted by atomic mass is 16.5. The molecule has 8 heteroatoms. The third-order valence-electron chi connectivity index (χ3n) is 12.9. The first-order chi connectivity index (χ1) is 19.4. The molecule has 1 saturated heterocycles. The van der Waals surface area contributed by atoms with Gasteiger partial charge in [0.2, 0.25) is 0 Å². The molecule has 5 aliphatic carbocycles. The molecule has 12 atom stereocenters. The minimum atomic E-state index is -0.391. The van der Waals surface area contributed by atoms with Gasteiger partial charge < -0.3 is 28.8 Å². The molecular formula is C32H45NO7. The zero-order chi connectivity index (χ0) is 28.0. The number of para-hydroxylation sites is 1. The van der Waals surface area contributed by atoms with Gasteiger partial charge >= 0.3 is 5.97 Å². The van der Waals surface area contributed by atoms with Gasteiger partial charge in [0, 0.05) is 68.9 Å². The van der Waals surface area contributed by atoms with Crippen LogP contribution >= 0.6 is 0 Å². The molecule has 0 amide bonds. The van der Waals surface area contributed by atoms with Crippen molar-refractivity contribution in [3.63, 3.8) is 0 Å². The fourth-order valence-electron chi connectivity index (χ4n) is 11.8. The molecule has 1 heterocycles. The van der Waals surface area contributed by atoms with Gasteiger partial charge in [-0.1, -0.05) is 19.1 Å². The predicted octanol–water partition coefficient (Wildman–Crippen LogP) is 3.40. The summed E-state index contributed by atoms with van der Waals surface area (Å²) in [6.45, 7) is 4.37. The molecule has 6 unspecified atom stereocenters. The SMILES string of the molecule is CCN1C[C@]2(COC(=O)c3ccccc3OC)CC[C@H](O)C34C5CC6[C@H](OC)C5[C@](OC)(C[C@@H]6OC)[C@@H](CC32)C14. The molecule has 6 aliphatic rings. The van der Waals surface area contributed by atoms with Crippen LogP contribution in [0.5, 0.6) is 5.75 Å². The van der Waals surface area contributed by atoms with Crippen LogP contribution < -0.4 is 4.74 Å². The van der Waals surface area contributed by atoms with Crippen LogP contribution in [0.4, 0.5) is 0 Å². The Labute approximate surface area is 237 Å². The molecule has 0 radical (unpaired) electrons. The molecule has 1 aromatic carbocycles. The average Bonchev–Trinajstić information content (AvgIpc) is 3.45. The number of aliphatic hydroxyl groups is 1. The lowest BCUT2D eigenvalue weighted by Crippen LogP contribution is -2.76. The maximum atomic E-state index is 13.4. The first-order valence-corrected chi connectivity index (χ1v) is 15.2. The summed E-state index contributed by atoms with van der Waals surface area (Å²) >= 11 is 0. The van der Waals surface area contributed by atoms with Gasteiger partial charge in [-0.2, -0.15) is 0 Å². The van der Waals surface area contributed by atoms with Crippen LogP contribution in [-0.4, -0.2) is 94.1 Å². The van der Waals surface area contributed by atoms with E-state index in [0.29, 0.717) is 23.8 Å². The zero-order valence-electron chi connectivity index (χ0n) is 24.5.